The van der Waals surface area contributed by atoms with Gasteiger partial charge >= 0.3 is 12.2 Å². The van der Waals surface area contributed by atoms with Crippen LogP contribution in [0.15, 0.2) is 60.9 Å². The predicted octanol–water partition coefficient (Wildman–Crippen LogP) is 8.27. The zero-order valence-corrected chi connectivity index (χ0v) is 36.3. The van der Waals surface area contributed by atoms with Crippen LogP contribution in [0.2, 0.25) is 0 Å². The third-order valence-electron chi connectivity index (χ3n) is 11.1. The molecule has 2 fully saturated rings. The lowest BCUT2D eigenvalue weighted by Crippen LogP contribution is -2.51. The Morgan fingerprint density at radius 3 is 1.28 bits per heavy atom. The normalized spacial score (nSPS) is 17.7. The molecule has 0 bridgehead atoms. The van der Waals surface area contributed by atoms with E-state index in [4.69, 9.17) is 19.4 Å². The van der Waals surface area contributed by atoms with E-state index >= 15 is 0 Å². The second kappa shape index (κ2) is 19.6. The Kier molecular flexibility index (Phi) is 14.3. The maximum atomic E-state index is 13.8. The Morgan fingerprint density at radius 2 is 0.950 bits per heavy atom. The number of aromatic amines is 2. The van der Waals surface area contributed by atoms with Gasteiger partial charge in [-0.1, -0.05) is 104 Å². The zero-order chi connectivity index (χ0) is 43.1. The number of rotatable bonds is 15. The Balaban J connectivity index is 1.08. The van der Waals surface area contributed by atoms with E-state index in [1.807, 2.05) is 77.6 Å². The van der Waals surface area contributed by atoms with Gasteiger partial charge in [0.25, 0.3) is 0 Å². The molecule has 4 N–H and O–H groups in total. The van der Waals surface area contributed by atoms with E-state index in [9.17, 15) is 19.2 Å². The standard InChI is InChI=1S/C46H62N8O6/c1-27(2)25-59-45(57)51-39(29(5)6)43(55)53-21-9-11-37(53)41-47-23-35(49-41)33-17-13-31(14-18-33)32-15-19-34(20-16-32)36-24-48-42(50-36)38-12-10-22-54(38)44(56)40(30(7)8)52-46(58)60-26-28(3)4/h13-20,23-24,27-30,37-40H,9-12,21-22,25-26H2,1-8H3,(H,47,49)(H,48,50)(H,51,57)(H,52,58)/t37-,38-,39+,40+/m1/s1. The van der Waals surface area contributed by atoms with Crippen molar-refractivity contribution < 1.29 is 28.7 Å². The van der Waals surface area contributed by atoms with Crippen LogP contribution in [0.4, 0.5) is 9.59 Å². The Hall–Kier alpha value is -5.66. The number of carbonyl (C=O) groups is 4. The first-order valence-corrected chi connectivity index (χ1v) is 21.5. The minimum absolute atomic E-state index is 0.112. The molecule has 4 atom stereocenters. The molecule has 60 heavy (non-hydrogen) atoms. The van der Waals surface area contributed by atoms with Crippen LogP contribution >= 0.6 is 0 Å². The fraction of sp³-hybridized carbons (Fsp3) is 0.522. The molecule has 4 amide bonds. The molecule has 0 spiro atoms. The van der Waals surface area contributed by atoms with E-state index in [2.05, 4.69) is 69.1 Å². The molecule has 4 aromatic rings. The van der Waals surface area contributed by atoms with Gasteiger partial charge in [-0.25, -0.2) is 19.6 Å². The third kappa shape index (κ3) is 10.6. The molecule has 0 unspecified atom stereocenters. The molecule has 6 rings (SSSR count). The van der Waals surface area contributed by atoms with Crippen molar-refractivity contribution in [3.63, 3.8) is 0 Å². The van der Waals surface area contributed by atoms with Crippen molar-refractivity contribution in [3.05, 3.63) is 72.6 Å². The highest BCUT2D eigenvalue weighted by Gasteiger charge is 2.39. The van der Waals surface area contributed by atoms with Gasteiger partial charge in [-0.2, -0.15) is 0 Å². The summed E-state index contributed by atoms with van der Waals surface area (Å²) < 4.78 is 10.6. The largest absolute Gasteiger partial charge is 0.449 e. The van der Waals surface area contributed by atoms with Gasteiger partial charge in [-0.05, 0) is 71.6 Å². The fourth-order valence-electron chi connectivity index (χ4n) is 7.83. The summed E-state index contributed by atoms with van der Waals surface area (Å²) in [5, 5.41) is 5.60. The summed E-state index contributed by atoms with van der Waals surface area (Å²) in [5.74, 6) is 1.37. The van der Waals surface area contributed by atoms with Crippen LogP contribution in [0.1, 0.15) is 105 Å². The highest BCUT2D eigenvalue weighted by molar-refractivity contribution is 5.87. The number of amides is 4. The van der Waals surface area contributed by atoms with Gasteiger partial charge in [0.1, 0.15) is 23.7 Å². The van der Waals surface area contributed by atoms with Crippen molar-refractivity contribution in [1.82, 2.24) is 40.4 Å². The first-order chi connectivity index (χ1) is 28.7. The molecule has 14 heteroatoms. The first kappa shape index (κ1) is 43.9. The number of nitrogens with one attached hydrogen (secondary N) is 4. The second-order valence-electron chi connectivity index (χ2n) is 17.6. The molecule has 2 aromatic heterocycles. The SMILES string of the molecule is CC(C)COC(=O)N[C@H](C(=O)N1CCC[C@@H]1c1ncc(-c2ccc(-c3ccc(-c4cnc([C@H]5CCCN5C(=O)[C@@H](NC(=O)OCC(C)C)C(C)C)[nH]4)cc3)cc2)[nH]1)C(C)C. The van der Waals surface area contributed by atoms with Crippen LogP contribution < -0.4 is 10.6 Å². The molecule has 0 saturated carbocycles. The molecule has 4 heterocycles. The molecule has 2 aromatic carbocycles. The summed E-state index contributed by atoms with van der Waals surface area (Å²) in [7, 11) is 0. The number of alkyl carbamates (subject to hydrolysis) is 2. The number of benzene rings is 2. The number of H-pyrrole nitrogens is 2. The maximum Gasteiger partial charge on any atom is 0.407 e. The van der Waals surface area contributed by atoms with Crippen LogP contribution in [-0.2, 0) is 19.1 Å². The number of imidazole rings is 2. The molecule has 0 radical (unpaired) electrons. The molecular weight excluding hydrogens is 761 g/mol. The van der Waals surface area contributed by atoms with Gasteiger partial charge in [-0.3, -0.25) is 9.59 Å². The second-order valence-corrected chi connectivity index (χ2v) is 17.6. The summed E-state index contributed by atoms with van der Waals surface area (Å²) >= 11 is 0. The Labute approximate surface area is 353 Å². The van der Waals surface area contributed by atoms with Crippen LogP contribution in [0.3, 0.4) is 0 Å². The number of likely N-dealkylation sites (tertiary alicyclic amines) is 2. The van der Waals surface area contributed by atoms with Crippen LogP contribution in [0.25, 0.3) is 33.6 Å². The summed E-state index contributed by atoms with van der Waals surface area (Å²) in [6.45, 7) is 17.3. The highest BCUT2D eigenvalue weighted by atomic mass is 16.6. The molecule has 322 valence electrons. The van der Waals surface area contributed by atoms with E-state index in [0.717, 1.165) is 71.0 Å². The van der Waals surface area contributed by atoms with Crippen LogP contribution in [0.5, 0.6) is 0 Å². The summed E-state index contributed by atoms with van der Waals surface area (Å²) in [5.41, 5.74) is 5.79. The topological polar surface area (TPSA) is 175 Å². The number of hydrogen-bond donors (Lipinski definition) is 4. The average molecular weight is 823 g/mol. The van der Waals surface area contributed by atoms with Crippen LogP contribution in [-0.4, -0.2) is 92.1 Å². The van der Waals surface area contributed by atoms with E-state index < -0.39 is 24.3 Å². The van der Waals surface area contributed by atoms with Crippen molar-refractivity contribution >= 4 is 24.0 Å². The number of carbonyl (C=O) groups excluding carboxylic acids is 4. The van der Waals surface area contributed by atoms with Crippen molar-refractivity contribution in [3.8, 4) is 33.6 Å². The van der Waals surface area contributed by atoms with Gasteiger partial charge in [-0.15, -0.1) is 0 Å². The fourth-order valence-corrected chi connectivity index (χ4v) is 7.83. The van der Waals surface area contributed by atoms with E-state index in [-0.39, 0.29) is 47.6 Å². The molecule has 2 aliphatic rings. The van der Waals surface area contributed by atoms with Crippen molar-refractivity contribution in [2.45, 2.75) is 105 Å². The van der Waals surface area contributed by atoms with E-state index in [1.54, 1.807) is 0 Å². The summed E-state index contributed by atoms with van der Waals surface area (Å²) in [4.78, 5) is 72.5. The lowest BCUT2D eigenvalue weighted by atomic mass is 10.0. The molecule has 0 aliphatic carbocycles. The molecule has 2 aliphatic heterocycles. The van der Waals surface area contributed by atoms with Gasteiger partial charge in [0.05, 0.1) is 49.1 Å². The lowest BCUT2D eigenvalue weighted by Gasteiger charge is -2.30. The monoisotopic (exact) mass is 822 g/mol. The number of ether oxygens (including phenoxy) is 2. The number of nitrogens with zero attached hydrogens (tertiary/aromatic N) is 4. The van der Waals surface area contributed by atoms with Crippen molar-refractivity contribution in [2.75, 3.05) is 26.3 Å². The van der Waals surface area contributed by atoms with Crippen molar-refractivity contribution in [1.29, 1.82) is 0 Å². The van der Waals surface area contributed by atoms with Crippen molar-refractivity contribution in [2.24, 2.45) is 23.7 Å². The summed E-state index contributed by atoms with van der Waals surface area (Å²) in [6.07, 6.45) is 5.73. The van der Waals surface area contributed by atoms with Gasteiger partial charge in [0, 0.05) is 13.1 Å². The first-order valence-electron chi connectivity index (χ1n) is 21.5. The molecule has 2 saturated heterocycles. The highest BCUT2D eigenvalue weighted by Crippen LogP contribution is 2.35. The zero-order valence-electron chi connectivity index (χ0n) is 36.3. The van der Waals surface area contributed by atoms with Gasteiger partial charge in [0.15, 0.2) is 0 Å². The Morgan fingerprint density at radius 1 is 0.600 bits per heavy atom. The van der Waals surface area contributed by atoms with Gasteiger partial charge in [0.2, 0.25) is 11.8 Å². The minimum atomic E-state index is -0.695. The molecule has 14 nitrogen and oxygen atoms in total. The minimum Gasteiger partial charge on any atom is -0.449 e. The van der Waals surface area contributed by atoms with E-state index in [1.165, 1.54) is 0 Å². The number of aromatic nitrogens is 4. The van der Waals surface area contributed by atoms with Crippen LogP contribution in [0, 0.1) is 23.7 Å². The smallest absolute Gasteiger partial charge is 0.407 e. The average Bonchev–Trinajstić information content (AvgIpc) is 4.07. The lowest BCUT2D eigenvalue weighted by molar-refractivity contribution is -0.136. The van der Waals surface area contributed by atoms with E-state index in [0.29, 0.717) is 26.3 Å². The Bertz CT molecular complexity index is 1920. The van der Waals surface area contributed by atoms with Gasteiger partial charge < -0.3 is 39.9 Å². The quantitative estimate of drug-likeness (QED) is 0.0927. The predicted molar refractivity (Wildman–Crippen MR) is 230 cm³/mol. The maximum absolute atomic E-state index is 13.8. The molecular formula is C46H62N8O6. The summed E-state index contributed by atoms with van der Waals surface area (Å²) in [6, 6.07) is 14.7. The third-order valence-corrected chi connectivity index (χ3v) is 11.1. The number of hydrogen-bond acceptors (Lipinski definition) is 8.